The van der Waals surface area contributed by atoms with Crippen LogP contribution in [-0.2, 0) is 17.7 Å². The maximum Gasteiger partial charge on any atom is 0.264 e. The largest absolute Gasteiger partial charge is 0.378 e. The van der Waals surface area contributed by atoms with E-state index in [-0.39, 0.29) is 16.9 Å². The number of anilines is 2. The molecule has 1 saturated heterocycles. The van der Waals surface area contributed by atoms with Crippen molar-refractivity contribution in [1.82, 2.24) is 19.5 Å². The number of nitrogens with zero attached hydrogens (tertiary/aromatic N) is 6. The maximum atomic E-state index is 13.6. The van der Waals surface area contributed by atoms with Crippen molar-refractivity contribution in [3.63, 3.8) is 0 Å². The number of rotatable bonds is 3. The van der Waals surface area contributed by atoms with Crippen molar-refractivity contribution < 1.29 is 9.53 Å². The van der Waals surface area contributed by atoms with E-state index in [0.717, 1.165) is 24.1 Å². The Bertz CT molecular complexity index is 1250. The van der Waals surface area contributed by atoms with Crippen molar-refractivity contribution in [2.75, 3.05) is 42.6 Å². The molecular formula is C23H26N6O3. The van der Waals surface area contributed by atoms with Gasteiger partial charge in [-0.25, -0.2) is 9.97 Å². The average molecular weight is 435 g/mol. The van der Waals surface area contributed by atoms with Crippen LogP contribution < -0.4 is 15.2 Å². The molecule has 0 saturated carbocycles. The normalized spacial score (nSPS) is 16.3. The fourth-order valence-electron chi connectivity index (χ4n) is 4.34. The van der Waals surface area contributed by atoms with Crippen LogP contribution in [0.1, 0.15) is 35.0 Å². The third-order valence-electron chi connectivity index (χ3n) is 6.08. The summed E-state index contributed by atoms with van der Waals surface area (Å²) in [5, 5.41) is 0.456. The Morgan fingerprint density at radius 3 is 2.75 bits per heavy atom. The molecule has 5 rings (SSSR count). The van der Waals surface area contributed by atoms with Crippen LogP contribution in [0.3, 0.4) is 0 Å². The van der Waals surface area contributed by atoms with Gasteiger partial charge in [0.05, 0.1) is 18.6 Å². The number of morpholine rings is 1. The van der Waals surface area contributed by atoms with Gasteiger partial charge < -0.3 is 14.2 Å². The van der Waals surface area contributed by atoms with Crippen molar-refractivity contribution >= 4 is 28.7 Å². The van der Waals surface area contributed by atoms with Gasteiger partial charge in [0.25, 0.3) is 5.91 Å². The lowest BCUT2D eigenvalue weighted by atomic mass is 10.1. The SMILES string of the molecule is CCn1cc(C(=O)N2CCCc3cnc(N4CCOCC4)nc32)c(=O)c2ccc(C)nc21. The number of carbonyl (C=O) groups excluding carboxylic acids is 1. The lowest BCUT2D eigenvalue weighted by molar-refractivity contribution is 0.0982. The predicted octanol–water partition coefficient (Wildman–Crippen LogP) is 1.94. The molecule has 2 aliphatic rings. The topological polar surface area (TPSA) is 93.5 Å². The van der Waals surface area contributed by atoms with Gasteiger partial charge in [-0.15, -0.1) is 0 Å². The van der Waals surface area contributed by atoms with Crippen molar-refractivity contribution in [3.05, 3.63) is 51.6 Å². The Labute approximate surface area is 185 Å². The van der Waals surface area contributed by atoms with Gasteiger partial charge in [0, 0.05) is 49.8 Å². The van der Waals surface area contributed by atoms with E-state index in [9.17, 15) is 9.59 Å². The van der Waals surface area contributed by atoms with E-state index < -0.39 is 0 Å². The van der Waals surface area contributed by atoms with Gasteiger partial charge in [0.1, 0.15) is 17.0 Å². The van der Waals surface area contributed by atoms with Crippen LogP contribution in [0.2, 0.25) is 0 Å². The van der Waals surface area contributed by atoms with Crippen molar-refractivity contribution in [1.29, 1.82) is 0 Å². The number of hydrogen-bond acceptors (Lipinski definition) is 7. The second kappa shape index (κ2) is 8.31. The van der Waals surface area contributed by atoms with Crippen LogP contribution in [0, 0.1) is 6.92 Å². The summed E-state index contributed by atoms with van der Waals surface area (Å²) in [6.45, 7) is 7.67. The summed E-state index contributed by atoms with van der Waals surface area (Å²) in [4.78, 5) is 44.4. The minimum atomic E-state index is -0.327. The third kappa shape index (κ3) is 3.52. The molecule has 1 amide bonds. The average Bonchev–Trinajstić information content (AvgIpc) is 2.83. The molecule has 0 aromatic carbocycles. The summed E-state index contributed by atoms with van der Waals surface area (Å²) >= 11 is 0. The predicted molar refractivity (Wildman–Crippen MR) is 121 cm³/mol. The lowest BCUT2D eigenvalue weighted by Gasteiger charge is -2.31. The van der Waals surface area contributed by atoms with Crippen molar-refractivity contribution in [3.8, 4) is 0 Å². The monoisotopic (exact) mass is 434 g/mol. The van der Waals surface area contributed by atoms with Crippen LogP contribution in [-0.4, -0.2) is 58.3 Å². The number of aromatic nitrogens is 4. The van der Waals surface area contributed by atoms with E-state index >= 15 is 0 Å². The second-order valence-corrected chi connectivity index (χ2v) is 8.16. The molecule has 9 heteroatoms. The highest BCUT2D eigenvalue weighted by Crippen LogP contribution is 2.28. The molecule has 166 valence electrons. The summed E-state index contributed by atoms with van der Waals surface area (Å²) in [6, 6.07) is 3.56. The molecule has 3 aromatic heterocycles. The van der Waals surface area contributed by atoms with Crippen LogP contribution in [0.15, 0.2) is 29.3 Å². The molecule has 0 radical (unpaired) electrons. The van der Waals surface area contributed by atoms with E-state index in [1.807, 2.05) is 24.6 Å². The molecule has 32 heavy (non-hydrogen) atoms. The molecule has 9 nitrogen and oxygen atoms in total. The summed E-state index contributed by atoms with van der Waals surface area (Å²) in [6.07, 6.45) is 5.06. The first-order valence-corrected chi connectivity index (χ1v) is 11.1. The van der Waals surface area contributed by atoms with E-state index in [1.165, 1.54) is 0 Å². The molecule has 0 N–H and O–H groups in total. The zero-order chi connectivity index (χ0) is 22.2. The summed E-state index contributed by atoms with van der Waals surface area (Å²) in [5.41, 5.74) is 2.21. The number of ether oxygens (including phenoxy) is 1. The summed E-state index contributed by atoms with van der Waals surface area (Å²) in [7, 11) is 0. The number of hydrogen-bond donors (Lipinski definition) is 0. The first kappa shape index (κ1) is 20.6. The Morgan fingerprint density at radius 1 is 1.16 bits per heavy atom. The zero-order valence-electron chi connectivity index (χ0n) is 18.4. The van der Waals surface area contributed by atoms with Crippen LogP contribution >= 0.6 is 0 Å². The molecule has 1 fully saturated rings. The molecule has 0 bridgehead atoms. The minimum Gasteiger partial charge on any atom is -0.378 e. The molecule has 5 heterocycles. The molecule has 3 aromatic rings. The quantitative estimate of drug-likeness (QED) is 0.622. The van der Waals surface area contributed by atoms with Crippen molar-refractivity contribution in [2.45, 2.75) is 33.2 Å². The lowest BCUT2D eigenvalue weighted by Crippen LogP contribution is -2.41. The van der Waals surface area contributed by atoms with Crippen LogP contribution in [0.4, 0.5) is 11.8 Å². The molecule has 0 spiro atoms. The van der Waals surface area contributed by atoms with Crippen LogP contribution in [0.5, 0.6) is 0 Å². The first-order chi connectivity index (χ1) is 15.6. The number of aryl methyl sites for hydroxylation is 3. The van der Waals surface area contributed by atoms with Gasteiger partial charge in [-0.05, 0) is 38.8 Å². The minimum absolute atomic E-state index is 0.143. The zero-order valence-corrected chi connectivity index (χ0v) is 18.4. The van der Waals surface area contributed by atoms with Gasteiger partial charge in [-0.2, -0.15) is 4.98 Å². The molecule has 2 aliphatic heterocycles. The van der Waals surface area contributed by atoms with Crippen LogP contribution in [0.25, 0.3) is 11.0 Å². The molecule has 0 aliphatic carbocycles. The number of carbonyl (C=O) groups is 1. The highest BCUT2D eigenvalue weighted by atomic mass is 16.5. The van der Waals surface area contributed by atoms with Crippen molar-refractivity contribution in [2.24, 2.45) is 0 Å². The number of pyridine rings is 2. The van der Waals surface area contributed by atoms with E-state index in [4.69, 9.17) is 9.72 Å². The third-order valence-corrected chi connectivity index (χ3v) is 6.08. The second-order valence-electron chi connectivity index (χ2n) is 8.16. The number of amides is 1. The fraction of sp³-hybridized carbons (Fsp3) is 0.435. The van der Waals surface area contributed by atoms with Gasteiger partial charge in [0.2, 0.25) is 11.4 Å². The fourth-order valence-corrected chi connectivity index (χ4v) is 4.34. The number of fused-ring (bicyclic) bond motifs is 2. The highest BCUT2D eigenvalue weighted by molar-refractivity contribution is 6.07. The van der Waals surface area contributed by atoms with Gasteiger partial charge in [-0.1, -0.05) is 0 Å². The summed E-state index contributed by atoms with van der Waals surface area (Å²) in [5.74, 6) is 0.866. The standard InChI is InChI=1S/C23H26N6O3/c1-3-27-14-18(19(30)17-7-6-15(2)25-21(17)27)22(31)29-8-4-5-16-13-24-23(26-20(16)29)28-9-11-32-12-10-28/h6-7,13-14H,3-5,8-12H2,1-2H3. The van der Waals surface area contributed by atoms with E-state index in [2.05, 4.69) is 14.9 Å². The van der Waals surface area contributed by atoms with Gasteiger partial charge >= 0.3 is 0 Å². The maximum absolute atomic E-state index is 13.6. The Morgan fingerprint density at radius 2 is 1.97 bits per heavy atom. The first-order valence-electron chi connectivity index (χ1n) is 11.1. The van der Waals surface area contributed by atoms with Gasteiger partial charge in [0.15, 0.2) is 0 Å². The molecule has 0 unspecified atom stereocenters. The smallest absolute Gasteiger partial charge is 0.264 e. The Balaban J connectivity index is 1.57. The van der Waals surface area contributed by atoms with E-state index in [1.54, 1.807) is 23.2 Å². The van der Waals surface area contributed by atoms with Gasteiger partial charge in [-0.3, -0.25) is 14.5 Å². The van der Waals surface area contributed by atoms with E-state index in [0.29, 0.717) is 62.2 Å². The Hall–Kier alpha value is -3.33. The molecular weight excluding hydrogens is 408 g/mol. The summed E-state index contributed by atoms with van der Waals surface area (Å²) < 4.78 is 7.29. The Kier molecular flexibility index (Phi) is 5.34. The molecule has 0 atom stereocenters. The highest BCUT2D eigenvalue weighted by Gasteiger charge is 2.29.